The third kappa shape index (κ3) is 3.44. The first-order valence-electron chi connectivity index (χ1n) is 5.39. The Balaban J connectivity index is 2.25. The highest BCUT2D eigenvalue weighted by Gasteiger charge is 2.13. The molecule has 2 aromatic carbocycles. The summed E-state index contributed by atoms with van der Waals surface area (Å²) in [7, 11) is 0. The van der Waals surface area contributed by atoms with Crippen molar-refractivity contribution >= 4 is 21.7 Å². The number of halogens is 4. The van der Waals surface area contributed by atoms with E-state index >= 15 is 0 Å². The Bertz CT molecular complexity index is 620. The van der Waals surface area contributed by atoms with Crippen LogP contribution >= 0.6 is 15.9 Å². The van der Waals surface area contributed by atoms with Gasteiger partial charge in [-0.05, 0) is 35.9 Å². The molecule has 0 aromatic heterocycles. The van der Waals surface area contributed by atoms with Gasteiger partial charge in [0.2, 0.25) is 0 Å². The van der Waals surface area contributed by atoms with Crippen LogP contribution in [0, 0.1) is 17.5 Å². The smallest absolute Gasteiger partial charge is 0.170 e. The molecule has 0 amide bonds. The Morgan fingerprint density at radius 2 is 1.63 bits per heavy atom. The molecule has 0 aliphatic heterocycles. The minimum atomic E-state index is -0.765. The van der Waals surface area contributed by atoms with Gasteiger partial charge in [-0.15, -0.1) is 0 Å². The molecule has 0 aliphatic rings. The molecular weight excluding hydrogens is 321 g/mol. The van der Waals surface area contributed by atoms with Crippen LogP contribution in [0.15, 0.2) is 40.9 Å². The van der Waals surface area contributed by atoms with E-state index in [4.69, 9.17) is 0 Å². The number of hydrogen-bond acceptors (Lipinski definition) is 1. The number of hydrogen-bond donors (Lipinski definition) is 0. The molecule has 98 valence electrons. The van der Waals surface area contributed by atoms with Crippen LogP contribution in [0.3, 0.4) is 0 Å². The molecule has 0 bridgehead atoms. The maximum atomic E-state index is 13.6. The number of ketones is 1. The second-order valence-electron chi connectivity index (χ2n) is 4.00. The number of carbonyl (C=O) groups is 1. The summed E-state index contributed by atoms with van der Waals surface area (Å²) in [5.74, 6) is -2.73. The highest BCUT2D eigenvalue weighted by molar-refractivity contribution is 9.10. The van der Waals surface area contributed by atoms with Crippen molar-refractivity contribution in [1.29, 1.82) is 0 Å². The van der Waals surface area contributed by atoms with Gasteiger partial charge in [0.25, 0.3) is 0 Å². The van der Waals surface area contributed by atoms with Gasteiger partial charge in [0.15, 0.2) is 5.78 Å². The number of Topliss-reactive ketones (excluding diaryl/α,β-unsaturated/α-hetero) is 1. The third-order valence-electron chi connectivity index (χ3n) is 2.52. The summed E-state index contributed by atoms with van der Waals surface area (Å²) in [6, 6.07) is 6.85. The van der Waals surface area contributed by atoms with Crippen molar-refractivity contribution in [2.45, 2.75) is 6.42 Å². The quantitative estimate of drug-likeness (QED) is 0.768. The molecule has 0 saturated heterocycles. The van der Waals surface area contributed by atoms with Gasteiger partial charge in [0.1, 0.15) is 17.5 Å². The van der Waals surface area contributed by atoms with Gasteiger partial charge in [-0.2, -0.15) is 0 Å². The third-order valence-corrected chi connectivity index (χ3v) is 3.01. The fourth-order valence-corrected chi connectivity index (χ4v) is 2.04. The summed E-state index contributed by atoms with van der Waals surface area (Å²) < 4.78 is 40.0. The van der Waals surface area contributed by atoms with Crippen LogP contribution in [0.25, 0.3) is 0 Å². The topological polar surface area (TPSA) is 17.1 Å². The zero-order valence-corrected chi connectivity index (χ0v) is 11.2. The average Bonchev–Trinajstić information content (AvgIpc) is 2.26. The Morgan fingerprint density at radius 3 is 2.21 bits per heavy atom. The molecule has 0 heterocycles. The normalized spacial score (nSPS) is 10.5. The molecule has 0 radical (unpaired) electrons. The molecule has 0 saturated carbocycles. The lowest BCUT2D eigenvalue weighted by atomic mass is 10.0. The van der Waals surface area contributed by atoms with Crippen LogP contribution < -0.4 is 0 Å². The molecule has 2 rings (SSSR count). The lowest BCUT2D eigenvalue weighted by molar-refractivity contribution is 0.0989. The number of carbonyl (C=O) groups excluding carboxylic acids is 1. The van der Waals surface area contributed by atoms with Crippen molar-refractivity contribution < 1.29 is 18.0 Å². The van der Waals surface area contributed by atoms with Crippen LogP contribution in [0.5, 0.6) is 0 Å². The van der Waals surface area contributed by atoms with Gasteiger partial charge in [-0.1, -0.05) is 15.9 Å². The minimum Gasteiger partial charge on any atom is -0.294 e. The molecule has 1 nitrogen and oxygen atoms in total. The van der Waals surface area contributed by atoms with Crippen molar-refractivity contribution in [2.24, 2.45) is 0 Å². The molecule has 0 aliphatic carbocycles. The standard InChI is InChI=1S/C14H8BrF3O/c15-9-1-2-12(13(18)6-9)14(19)5-8-3-10(16)7-11(17)4-8/h1-4,6-7H,5H2. The Morgan fingerprint density at radius 1 is 1.00 bits per heavy atom. The zero-order chi connectivity index (χ0) is 14.0. The molecule has 0 N–H and O–H groups in total. The number of benzene rings is 2. The summed E-state index contributed by atoms with van der Waals surface area (Å²) in [6.45, 7) is 0. The van der Waals surface area contributed by atoms with Crippen molar-refractivity contribution in [3.63, 3.8) is 0 Å². The summed E-state index contributed by atoms with van der Waals surface area (Å²) >= 11 is 3.08. The summed E-state index contributed by atoms with van der Waals surface area (Å²) in [6.07, 6.45) is -0.257. The summed E-state index contributed by atoms with van der Waals surface area (Å²) in [4.78, 5) is 11.9. The van der Waals surface area contributed by atoms with E-state index in [0.29, 0.717) is 10.5 Å². The second kappa shape index (κ2) is 5.57. The van der Waals surface area contributed by atoms with E-state index in [-0.39, 0.29) is 17.5 Å². The van der Waals surface area contributed by atoms with Crippen LogP contribution in [-0.2, 0) is 6.42 Å². The first-order chi connectivity index (χ1) is 8.95. The van der Waals surface area contributed by atoms with Crippen molar-refractivity contribution in [3.05, 3.63) is 69.4 Å². The molecule has 0 unspecified atom stereocenters. The fraction of sp³-hybridized carbons (Fsp3) is 0.0714. The maximum absolute atomic E-state index is 13.6. The fourth-order valence-electron chi connectivity index (χ4n) is 1.71. The SMILES string of the molecule is O=C(Cc1cc(F)cc(F)c1)c1ccc(Br)cc1F. The van der Waals surface area contributed by atoms with Gasteiger partial charge < -0.3 is 0 Å². The second-order valence-corrected chi connectivity index (χ2v) is 4.92. The van der Waals surface area contributed by atoms with E-state index in [1.807, 2.05) is 0 Å². The zero-order valence-electron chi connectivity index (χ0n) is 9.59. The highest BCUT2D eigenvalue weighted by Crippen LogP contribution is 2.18. The van der Waals surface area contributed by atoms with E-state index in [1.165, 1.54) is 18.2 Å². The van der Waals surface area contributed by atoms with Crippen LogP contribution in [0.2, 0.25) is 0 Å². The maximum Gasteiger partial charge on any atom is 0.170 e. The first kappa shape index (κ1) is 13.8. The van der Waals surface area contributed by atoms with E-state index in [9.17, 15) is 18.0 Å². The lowest BCUT2D eigenvalue weighted by Crippen LogP contribution is -2.06. The van der Waals surface area contributed by atoms with Gasteiger partial charge in [-0.3, -0.25) is 4.79 Å². The van der Waals surface area contributed by atoms with E-state index in [1.54, 1.807) is 0 Å². The molecule has 0 spiro atoms. The molecular formula is C14H8BrF3O. The summed E-state index contributed by atoms with van der Waals surface area (Å²) in [5.41, 5.74) is 0.0673. The van der Waals surface area contributed by atoms with E-state index in [0.717, 1.165) is 12.1 Å². The van der Waals surface area contributed by atoms with Crippen molar-refractivity contribution in [1.82, 2.24) is 0 Å². The Kier molecular flexibility index (Phi) is 4.04. The molecule has 0 fully saturated rings. The first-order valence-corrected chi connectivity index (χ1v) is 6.18. The van der Waals surface area contributed by atoms with Gasteiger partial charge in [-0.25, -0.2) is 13.2 Å². The van der Waals surface area contributed by atoms with Crippen LogP contribution in [0.4, 0.5) is 13.2 Å². The van der Waals surface area contributed by atoms with Gasteiger partial charge in [0.05, 0.1) is 5.56 Å². The van der Waals surface area contributed by atoms with Crippen molar-refractivity contribution in [3.8, 4) is 0 Å². The lowest BCUT2D eigenvalue weighted by Gasteiger charge is -2.04. The summed E-state index contributed by atoms with van der Waals surface area (Å²) in [5, 5.41) is 0. The van der Waals surface area contributed by atoms with E-state index < -0.39 is 23.2 Å². The monoisotopic (exact) mass is 328 g/mol. The van der Waals surface area contributed by atoms with Crippen molar-refractivity contribution in [2.75, 3.05) is 0 Å². The van der Waals surface area contributed by atoms with Gasteiger partial charge >= 0.3 is 0 Å². The number of rotatable bonds is 3. The average molecular weight is 329 g/mol. The predicted octanol–water partition coefficient (Wildman–Crippen LogP) is 4.29. The molecule has 5 heteroatoms. The Labute approximate surface area is 116 Å². The van der Waals surface area contributed by atoms with Gasteiger partial charge in [0, 0.05) is 17.0 Å². The molecule has 0 atom stereocenters. The van der Waals surface area contributed by atoms with E-state index in [2.05, 4.69) is 15.9 Å². The molecule has 19 heavy (non-hydrogen) atoms. The van der Waals surface area contributed by atoms with Crippen LogP contribution in [-0.4, -0.2) is 5.78 Å². The minimum absolute atomic E-state index is 0.104. The Hall–Kier alpha value is -1.62. The largest absolute Gasteiger partial charge is 0.294 e. The van der Waals surface area contributed by atoms with Crippen LogP contribution in [0.1, 0.15) is 15.9 Å². The molecule has 2 aromatic rings. The predicted molar refractivity (Wildman–Crippen MR) is 68.5 cm³/mol. The highest BCUT2D eigenvalue weighted by atomic mass is 79.9.